The molecule has 2 heterocycles. The van der Waals surface area contributed by atoms with E-state index in [2.05, 4.69) is 26.2 Å². The number of carbonyl (C=O) groups is 1. The first-order valence-corrected chi connectivity index (χ1v) is 7.92. The Bertz CT molecular complexity index is 816. The molecule has 21 heavy (non-hydrogen) atoms. The molecule has 0 aliphatic rings. The maximum atomic E-state index is 12.4. The summed E-state index contributed by atoms with van der Waals surface area (Å²) in [5.74, 6) is 0.197. The molecule has 6 heteroatoms. The van der Waals surface area contributed by atoms with Gasteiger partial charge in [-0.05, 0) is 40.2 Å². The average Bonchev–Trinajstić information content (AvgIpc) is 2.89. The Hall–Kier alpha value is -1.92. The molecule has 0 atom stereocenters. The molecule has 1 amide bonds. The maximum Gasteiger partial charge on any atom is 0.252 e. The standard InChI is InChI=1S/C15H12BrN3OS/c16-13-6-5-9(21-13)8-18-15(20)11-7-14(17)19-12-4-2-1-3-10(11)12/h1-7H,8H2,(H2,17,19)(H,18,20). The minimum Gasteiger partial charge on any atom is -0.384 e. The Morgan fingerprint density at radius 1 is 1.29 bits per heavy atom. The molecule has 0 aliphatic heterocycles. The molecule has 106 valence electrons. The predicted molar refractivity (Wildman–Crippen MR) is 89.3 cm³/mol. The lowest BCUT2D eigenvalue weighted by atomic mass is 10.1. The summed E-state index contributed by atoms with van der Waals surface area (Å²) in [7, 11) is 0. The molecular formula is C15H12BrN3OS. The Morgan fingerprint density at radius 2 is 2.10 bits per heavy atom. The van der Waals surface area contributed by atoms with E-state index in [1.54, 1.807) is 17.4 Å². The van der Waals surface area contributed by atoms with Gasteiger partial charge in [-0.15, -0.1) is 11.3 Å². The van der Waals surface area contributed by atoms with Crippen molar-refractivity contribution < 1.29 is 4.79 Å². The summed E-state index contributed by atoms with van der Waals surface area (Å²) in [6.07, 6.45) is 0. The van der Waals surface area contributed by atoms with Crippen molar-refractivity contribution in [3.8, 4) is 0 Å². The molecule has 3 N–H and O–H groups in total. The van der Waals surface area contributed by atoms with Gasteiger partial charge >= 0.3 is 0 Å². The number of benzene rings is 1. The zero-order valence-corrected chi connectivity index (χ0v) is 13.4. The summed E-state index contributed by atoms with van der Waals surface area (Å²) in [5.41, 5.74) is 7.05. The van der Waals surface area contributed by atoms with Crippen LogP contribution in [0.5, 0.6) is 0 Å². The lowest BCUT2D eigenvalue weighted by Gasteiger charge is -2.08. The SMILES string of the molecule is Nc1cc(C(=O)NCc2ccc(Br)s2)c2ccccc2n1. The number of nitrogens with zero attached hydrogens (tertiary/aromatic N) is 1. The van der Waals surface area contributed by atoms with E-state index in [4.69, 9.17) is 5.73 Å². The predicted octanol–water partition coefficient (Wildman–Crippen LogP) is 3.57. The second-order valence-electron chi connectivity index (χ2n) is 4.50. The monoisotopic (exact) mass is 361 g/mol. The number of halogens is 1. The molecule has 0 saturated heterocycles. The van der Waals surface area contributed by atoms with E-state index in [9.17, 15) is 4.79 Å². The number of nitrogens with two attached hydrogens (primary N) is 1. The van der Waals surface area contributed by atoms with Gasteiger partial charge in [0.05, 0.1) is 21.4 Å². The highest BCUT2D eigenvalue weighted by Gasteiger charge is 2.12. The average molecular weight is 362 g/mol. The highest BCUT2D eigenvalue weighted by molar-refractivity contribution is 9.11. The number of hydrogen-bond donors (Lipinski definition) is 2. The highest BCUT2D eigenvalue weighted by atomic mass is 79.9. The normalized spacial score (nSPS) is 10.7. The van der Waals surface area contributed by atoms with Crippen LogP contribution < -0.4 is 11.1 Å². The molecule has 0 bridgehead atoms. The largest absolute Gasteiger partial charge is 0.384 e. The third kappa shape index (κ3) is 3.06. The van der Waals surface area contributed by atoms with Crippen molar-refractivity contribution >= 4 is 49.9 Å². The molecule has 4 nitrogen and oxygen atoms in total. The zero-order chi connectivity index (χ0) is 14.8. The van der Waals surface area contributed by atoms with Crippen LogP contribution in [0.1, 0.15) is 15.2 Å². The number of nitrogens with one attached hydrogen (secondary N) is 1. The van der Waals surface area contributed by atoms with E-state index >= 15 is 0 Å². The van der Waals surface area contributed by atoms with Crippen molar-refractivity contribution in [1.82, 2.24) is 10.3 Å². The number of pyridine rings is 1. The summed E-state index contributed by atoms with van der Waals surface area (Å²) < 4.78 is 1.05. The number of fused-ring (bicyclic) bond motifs is 1. The first-order chi connectivity index (χ1) is 10.1. The molecule has 0 spiro atoms. The summed E-state index contributed by atoms with van der Waals surface area (Å²) in [6, 6.07) is 13.0. The number of nitrogen functional groups attached to an aromatic ring is 1. The number of rotatable bonds is 3. The van der Waals surface area contributed by atoms with Crippen molar-refractivity contribution in [3.05, 3.63) is 56.7 Å². The Labute approximate surface area is 134 Å². The van der Waals surface area contributed by atoms with E-state index in [1.165, 1.54) is 0 Å². The van der Waals surface area contributed by atoms with Gasteiger partial charge in [0.15, 0.2) is 0 Å². The second kappa shape index (κ2) is 5.83. The Balaban J connectivity index is 1.87. The quantitative estimate of drug-likeness (QED) is 0.749. The smallest absolute Gasteiger partial charge is 0.252 e. The van der Waals surface area contributed by atoms with Gasteiger partial charge in [-0.1, -0.05) is 18.2 Å². The molecular weight excluding hydrogens is 350 g/mol. The number of thiophene rings is 1. The zero-order valence-electron chi connectivity index (χ0n) is 11.0. The summed E-state index contributed by atoms with van der Waals surface area (Å²) in [5, 5.41) is 3.72. The molecule has 0 radical (unpaired) electrons. The molecule has 3 rings (SSSR count). The van der Waals surface area contributed by atoms with Crippen LogP contribution in [-0.4, -0.2) is 10.9 Å². The number of amides is 1. The number of aromatic nitrogens is 1. The Morgan fingerprint density at radius 3 is 2.86 bits per heavy atom. The molecule has 3 aromatic rings. The third-order valence-electron chi connectivity index (χ3n) is 3.03. The van der Waals surface area contributed by atoms with Crippen LogP contribution in [0.2, 0.25) is 0 Å². The summed E-state index contributed by atoms with van der Waals surface area (Å²) >= 11 is 5.00. The van der Waals surface area contributed by atoms with Crippen molar-refractivity contribution in [2.45, 2.75) is 6.54 Å². The van der Waals surface area contributed by atoms with Gasteiger partial charge in [-0.25, -0.2) is 4.98 Å². The molecule has 0 fully saturated rings. The second-order valence-corrected chi connectivity index (χ2v) is 7.05. The van der Waals surface area contributed by atoms with Gasteiger partial charge in [0.1, 0.15) is 5.82 Å². The van der Waals surface area contributed by atoms with E-state index in [1.807, 2.05) is 36.4 Å². The van der Waals surface area contributed by atoms with Crippen molar-refractivity contribution in [1.29, 1.82) is 0 Å². The van der Waals surface area contributed by atoms with E-state index in [0.29, 0.717) is 17.9 Å². The molecule has 1 aromatic carbocycles. The number of anilines is 1. The van der Waals surface area contributed by atoms with Gasteiger partial charge in [0.25, 0.3) is 5.91 Å². The first kappa shape index (κ1) is 14.0. The number of hydrogen-bond acceptors (Lipinski definition) is 4. The van der Waals surface area contributed by atoms with E-state index in [-0.39, 0.29) is 5.91 Å². The minimum atomic E-state index is -0.148. The third-order valence-corrected chi connectivity index (χ3v) is 4.66. The molecule has 0 saturated carbocycles. The lowest BCUT2D eigenvalue weighted by Crippen LogP contribution is -2.22. The van der Waals surface area contributed by atoms with Crippen molar-refractivity contribution in [2.24, 2.45) is 0 Å². The topological polar surface area (TPSA) is 68.0 Å². The molecule has 2 aromatic heterocycles. The van der Waals surface area contributed by atoms with Crippen LogP contribution in [0.3, 0.4) is 0 Å². The number of para-hydroxylation sites is 1. The van der Waals surface area contributed by atoms with Crippen LogP contribution in [0.25, 0.3) is 10.9 Å². The van der Waals surface area contributed by atoms with Crippen LogP contribution in [0, 0.1) is 0 Å². The van der Waals surface area contributed by atoms with Gasteiger partial charge in [-0.3, -0.25) is 4.79 Å². The van der Waals surface area contributed by atoms with E-state index < -0.39 is 0 Å². The summed E-state index contributed by atoms with van der Waals surface area (Å²) in [4.78, 5) is 17.7. The van der Waals surface area contributed by atoms with Crippen LogP contribution in [0.4, 0.5) is 5.82 Å². The summed E-state index contributed by atoms with van der Waals surface area (Å²) in [6.45, 7) is 0.492. The first-order valence-electron chi connectivity index (χ1n) is 6.31. The van der Waals surface area contributed by atoms with Crippen LogP contribution >= 0.6 is 27.3 Å². The fraction of sp³-hybridized carbons (Fsp3) is 0.0667. The fourth-order valence-electron chi connectivity index (χ4n) is 2.09. The van der Waals surface area contributed by atoms with Crippen molar-refractivity contribution in [3.63, 3.8) is 0 Å². The van der Waals surface area contributed by atoms with Crippen LogP contribution in [0.15, 0.2) is 46.3 Å². The molecule has 0 aliphatic carbocycles. The van der Waals surface area contributed by atoms with Gasteiger partial charge in [0.2, 0.25) is 0 Å². The fourth-order valence-corrected chi connectivity index (χ4v) is 3.52. The molecule has 0 unspecified atom stereocenters. The maximum absolute atomic E-state index is 12.4. The van der Waals surface area contributed by atoms with Crippen molar-refractivity contribution in [2.75, 3.05) is 5.73 Å². The van der Waals surface area contributed by atoms with Gasteiger partial charge < -0.3 is 11.1 Å². The Kier molecular flexibility index (Phi) is 3.90. The highest BCUT2D eigenvalue weighted by Crippen LogP contribution is 2.22. The number of carbonyl (C=O) groups excluding carboxylic acids is 1. The lowest BCUT2D eigenvalue weighted by molar-refractivity contribution is 0.0953. The van der Waals surface area contributed by atoms with Gasteiger partial charge in [0, 0.05) is 10.3 Å². The van der Waals surface area contributed by atoms with Gasteiger partial charge in [-0.2, -0.15) is 0 Å². The minimum absolute atomic E-state index is 0.148. The van der Waals surface area contributed by atoms with Crippen LogP contribution in [-0.2, 0) is 6.54 Å². The van der Waals surface area contributed by atoms with E-state index in [0.717, 1.165) is 19.6 Å².